The minimum Gasteiger partial charge on any atom is -0.450 e. The van der Waals surface area contributed by atoms with Crippen molar-refractivity contribution >= 4 is 17.5 Å². The molecule has 2 aromatic rings. The van der Waals surface area contributed by atoms with Gasteiger partial charge < -0.3 is 14.2 Å². The average molecular weight is 360 g/mol. The van der Waals surface area contributed by atoms with Gasteiger partial charge in [-0.1, -0.05) is 19.0 Å². The maximum atomic E-state index is 12.7. The van der Waals surface area contributed by atoms with Crippen molar-refractivity contribution in [1.82, 2.24) is 10.1 Å². The number of aryl methyl sites for hydroxylation is 2. The highest BCUT2D eigenvalue weighted by Crippen LogP contribution is 2.24. The third-order valence-electron chi connectivity index (χ3n) is 4.31. The topological polar surface area (TPSA) is 102 Å². The van der Waals surface area contributed by atoms with Crippen molar-refractivity contribution in [2.75, 3.05) is 0 Å². The van der Waals surface area contributed by atoms with Crippen molar-refractivity contribution in [2.45, 2.75) is 60.5 Å². The van der Waals surface area contributed by atoms with E-state index in [2.05, 4.69) is 10.1 Å². The Balaban J connectivity index is 2.26. The van der Waals surface area contributed by atoms with Crippen LogP contribution >= 0.6 is 0 Å². The maximum Gasteiger partial charge on any atom is 0.344 e. The number of Topliss-reactive ketones (excluding diaryl/α,β-unsaturated/α-hetero) is 2. The number of esters is 1. The summed E-state index contributed by atoms with van der Waals surface area (Å²) in [5, 5.41) is 3.81. The van der Waals surface area contributed by atoms with Gasteiger partial charge in [0.25, 0.3) is 0 Å². The van der Waals surface area contributed by atoms with Crippen LogP contribution in [0, 0.1) is 20.8 Å². The molecule has 0 saturated heterocycles. The molecule has 7 heteroatoms. The van der Waals surface area contributed by atoms with Crippen molar-refractivity contribution in [3.8, 4) is 0 Å². The zero-order valence-electron chi connectivity index (χ0n) is 16.1. The van der Waals surface area contributed by atoms with E-state index in [1.165, 1.54) is 13.8 Å². The second-order valence-corrected chi connectivity index (χ2v) is 6.75. The first-order valence-corrected chi connectivity index (χ1v) is 8.47. The van der Waals surface area contributed by atoms with E-state index < -0.39 is 17.9 Å². The molecule has 0 aromatic carbocycles. The van der Waals surface area contributed by atoms with Crippen molar-refractivity contribution < 1.29 is 23.6 Å². The fraction of sp³-hybridized carbons (Fsp3) is 0.474. The molecule has 2 heterocycles. The van der Waals surface area contributed by atoms with Crippen LogP contribution in [-0.4, -0.2) is 33.8 Å². The van der Waals surface area contributed by atoms with Crippen LogP contribution in [0.5, 0.6) is 0 Å². The Morgan fingerprint density at radius 2 is 1.69 bits per heavy atom. The van der Waals surface area contributed by atoms with Gasteiger partial charge in [0.1, 0.15) is 5.56 Å². The first-order chi connectivity index (χ1) is 12.1. The van der Waals surface area contributed by atoms with E-state index in [0.717, 1.165) is 0 Å². The van der Waals surface area contributed by atoms with Crippen molar-refractivity contribution in [3.05, 3.63) is 39.5 Å². The van der Waals surface area contributed by atoms with Crippen LogP contribution in [-0.2, 0) is 4.74 Å². The maximum absolute atomic E-state index is 12.7. The third-order valence-corrected chi connectivity index (χ3v) is 4.31. The Labute approximate surface area is 152 Å². The lowest BCUT2D eigenvalue weighted by molar-refractivity contribution is 0.0313. The molecule has 26 heavy (non-hydrogen) atoms. The number of ether oxygens (including phenoxy) is 1. The van der Waals surface area contributed by atoms with Gasteiger partial charge in [-0.2, -0.15) is 0 Å². The van der Waals surface area contributed by atoms with E-state index in [9.17, 15) is 14.4 Å². The molecule has 2 rings (SSSR count). The van der Waals surface area contributed by atoms with E-state index in [4.69, 9.17) is 9.26 Å². The number of rotatable bonds is 6. The second-order valence-electron chi connectivity index (χ2n) is 6.75. The van der Waals surface area contributed by atoms with Gasteiger partial charge in [-0.25, -0.2) is 4.79 Å². The van der Waals surface area contributed by atoms with Crippen LogP contribution in [0.3, 0.4) is 0 Å². The molecule has 0 fully saturated rings. The molecule has 0 saturated carbocycles. The molecule has 0 aliphatic heterocycles. The summed E-state index contributed by atoms with van der Waals surface area (Å²) in [7, 11) is 0. The Morgan fingerprint density at radius 3 is 2.19 bits per heavy atom. The summed E-state index contributed by atoms with van der Waals surface area (Å²) in [4.78, 5) is 39.9. The highest BCUT2D eigenvalue weighted by atomic mass is 16.5. The third kappa shape index (κ3) is 3.47. The molecule has 0 amide bonds. The Morgan fingerprint density at radius 1 is 1.08 bits per heavy atom. The summed E-state index contributed by atoms with van der Waals surface area (Å²) in [5.41, 5.74) is 2.62. The van der Waals surface area contributed by atoms with E-state index in [0.29, 0.717) is 28.3 Å². The zero-order chi connectivity index (χ0) is 19.8. The standard InChI is InChI=1S/C19H24N2O5/c1-8(2)18-15(11(5)21-26-18)19(24)25-13(7)17(23)16-9(3)14(12(6)22)10(4)20-16/h8,13,20H,1-7H3/t13-/m0/s1. The minimum atomic E-state index is -1.02. The number of hydrogen-bond donors (Lipinski definition) is 1. The SMILES string of the molecule is CC(=O)c1c(C)[nH]c(C(=O)[C@H](C)OC(=O)c2c(C)noc2C(C)C)c1C. The number of ketones is 2. The molecule has 0 unspecified atom stereocenters. The van der Waals surface area contributed by atoms with Crippen LogP contribution in [0.25, 0.3) is 0 Å². The number of aromatic nitrogens is 2. The molecule has 7 nitrogen and oxygen atoms in total. The van der Waals surface area contributed by atoms with Gasteiger partial charge in [-0.05, 0) is 40.2 Å². The molecule has 1 N–H and O–H groups in total. The second kappa shape index (κ2) is 7.27. The molecular formula is C19H24N2O5. The van der Waals surface area contributed by atoms with Gasteiger partial charge in [0, 0.05) is 17.2 Å². The van der Waals surface area contributed by atoms with Crippen molar-refractivity contribution in [3.63, 3.8) is 0 Å². The zero-order valence-corrected chi connectivity index (χ0v) is 16.1. The van der Waals surface area contributed by atoms with Gasteiger partial charge in [0.05, 0.1) is 11.4 Å². The predicted molar refractivity (Wildman–Crippen MR) is 94.8 cm³/mol. The number of nitrogens with zero attached hydrogens (tertiary/aromatic N) is 1. The summed E-state index contributed by atoms with van der Waals surface area (Å²) in [6, 6.07) is 0. The molecule has 0 aliphatic rings. The largest absolute Gasteiger partial charge is 0.450 e. The number of aromatic amines is 1. The van der Waals surface area contributed by atoms with E-state index in [1.807, 2.05) is 13.8 Å². The van der Waals surface area contributed by atoms with Gasteiger partial charge in [-0.3, -0.25) is 9.59 Å². The summed E-state index contributed by atoms with van der Waals surface area (Å²) < 4.78 is 10.5. The number of nitrogens with one attached hydrogen (secondary N) is 1. The predicted octanol–water partition coefficient (Wildman–Crippen LogP) is 3.68. The summed E-state index contributed by atoms with van der Waals surface area (Å²) in [6.45, 7) is 11.8. The van der Waals surface area contributed by atoms with Gasteiger partial charge >= 0.3 is 5.97 Å². The molecule has 0 radical (unpaired) electrons. The van der Waals surface area contributed by atoms with Crippen LogP contribution in [0.2, 0.25) is 0 Å². The fourth-order valence-electron chi connectivity index (χ4n) is 3.03. The van der Waals surface area contributed by atoms with Crippen LogP contribution in [0.15, 0.2) is 4.52 Å². The molecular weight excluding hydrogens is 336 g/mol. The van der Waals surface area contributed by atoms with Crippen molar-refractivity contribution in [1.29, 1.82) is 0 Å². The first kappa shape index (κ1) is 19.6. The Hall–Kier alpha value is -2.70. The number of carbonyl (C=O) groups is 3. The van der Waals surface area contributed by atoms with Crippen LogP contribution in [0.1, 0.15) is 87.5 Å². The summed E-state index contributed by atoms with van der Waals surface area (Å²) in [6.07, 6.45) is -1.02. The lowest BCUT2D eigenvalue weighted by Gasteiger charge is -2.13. The number of hydrogen-bond acceptors (Lipinski definition) is 6. The normalized spacial score (nSPS) is 12.3. The highest BCUT2D eigenvalue weighted by molar-refractivity contribution is 6.05. The minimum absolute atomic E-state index is 0.0452. The Kier molecular flexibility index (Phi) is 5.49. The fourth-order valence-corrected chi connectivity index (χ4v) is 3.03. The molecule has 0 spiro atoms. The highest BCUT2D eigenvalue weighted by Gasteiger charge is 2.29. The summed E-state index contributed by atoms with van der Waals surface area (Å²) in [5.74, 6) is -0.789. The number of H-pyrrole nitrogens is 1. The molecule has 0 bridgehead atoms. The van der Waals surface area contributed by atoms with Crippen molar-refractivity contribution in [2.24, 2.45) is 0 Å². The monoisotopic (exact) mass is 360 g/mol. The first-order valence-electron chi connectivity index (χ1n) is 8.47. The van der Waals surface area contributed by atoms with E-state index in [-0.39, 0.29) is 23.0 Å². The van der Waals surface area contributed by atoms with Gasteiger partial charge in [-0.15, -0.1) is 0 Å². The molecule has 1 atom stereocenters. The van der Waals surface area contributed by atoms with Gasteiger partial charge in [0.15, 0.2) is 17.6 Å². The molecule has 140 valence electrons. The average Bonchev–Trinajstić information content (AvgIpc) is 3.06. The van der Waals surface area contributed by atoms with Crippen LogP contribution in [0.4, 0.5) is 0 Å². The van der Waals surface area contributed by atoms with E-state index >= 15 is 0 Å². The van der Waals surface area contributed by atoms with E-state index in [1.54, 1.807) is 20.8 Å². The molecule has 2 aromatic heterocycles. The quantitative estimate of drug-likeness (QED) is 0.623. The Bertz CT molecular complexity index is 873. The van der Waals surface area contributed by atoms with Gasteiger partial charge in [0.2, 0.25) is 5.78 Å². The summed E-state index contributed by atoms with van der Waals surface area (Å²) >= 11 is 0. The lowest BCUT2D eigenvalue weighted by Crippen LogP contribution is -2.26. The molecule has 0 aliphatic carbocycles. The van der Waals surface area contributed by atoms with Crippen LogP contribution < -0.4 is 0 Å². The smallest absolute Gasteiger partial charge is 0.344 e. The lowest BCUT2D eigenvalue weighted by atomic mass is 10.0. The number of carbonyl (C=O) groups excluding carboxylic acids is 3.